The van der Waals surface area contributed by atoms with Crippen LogP contribution in [0.25, 0.3) is 0 Å². The fourth-order valence-electron chi connectivity index (χ4n) is 2.85. The number of carbonyl (C=O) groups excluding carboxylic acids is 2. The van der Waals surface area contributed by atoms with E-state index in [2.05, 4.69) is 16.3 Å². The van der Waals surface area contributed by atoms with Crippen molar-refractivity contribution < 1.29 is 22.4 Å². The molecule has 0 aliphatic carbocycles. The standard InChI is InChI=1S/C21H20FN3O4S2/c1-3-12-25-20(27)18(13-19(26)23-17-7-5-4-6-14(17)2)30-21(25)24-31(28,29)16-10-8-15(22)9-11-16/h3-11,18H,1,12-13H2,2H3,(H,23,26)/t18-/m1/s1. The first-order chi connectivity index (χ1) is 14.7. The Balaban J connectivity index is 1.80. The lowest BCUT2D eigenvalue weighted by Crippen LogP contribution is -2.34. The molecule has 2 aromatic carbocycles. The number of hydrogen-bond donors (Lipinski definition) is 1. The normalized spacial score (nSPS) is 17.7. The molecule has 0 saturated carbocycles. The molecule has 1 aliphatic rings. The summed E-state index contributed by atoms with van der Waals surface area (Å²) in [5.74, 6) is -1.38. The zero-order valence-electron chi connectivity index (χ0n) is 16.6. The summed E-state index contributed by atoms with van der Waals surface area (Å²) in [7, 11) is -4.17. The predicted octanol–water partition coefficient (Wildman–Crippen LogP) is 3.34. The number of sulfonamides is 1. The van der Waals surface area contributed by atoms with Crippen LogP contribution >= 0.6 is 11.8 Å². The number of rotatable bonds is 7. The molecule has 31 heavy (non-hydrogen) atoms. The van der Waals surface area contributed by atoms with Crippen LogP contribution in [0.4, 0.5) is 10.1 Å². The lowest BCUT2D eigenvalue weighted by Gasteiger charge is -2.14. The summed E-state index contributed by atoms with van der Waals surface area (Å²) >= 11 is 0.899. The highest BCUT2D eigenvalue weighted by molar-refractivity contribution is 8.16. The topological polar surface area (TPSA) is 95.9 Å². The van der Waals surface area contributed by atoms with Crippen LogP contribution in [0.15, 0.2) is 70.5 Å². The Labute approximate surface area is 184 Å². The van der Waals surface area contributed by atoms with Crippen LogP contribution in [0, 0.1) is 12.7 Å². The Morgan fingerprint density at radius 1 is 1.26 bits per heavy atom. The van der Waals surface area contributed by atoms with E-state index < -0.39 is 27.0 Å². The SMILES string of the molecule is C=CCN1C(=O)[C@@H](CC(=O)Nc2ccccc2C)SC1=NS(=O)(=O)c1ccc(F)cc1. The second-order valence-electron chi connectivity index (χ2n) is 6.71. The third kappa shape index (κ3) is 5.39. The second-order valence-corrected chi connectivity index (χ2v) is 9.49. The molecule has 1 saturated heterocycles. The number of nitrogens with zero attached hydrogens (tertiary/aromatic N) is 2. The number of anilines is 1. The molecular formula is C21H20FN3O4S2. The number of hydrogen-bond acceptors (Lipinski definition) is 5. The lowest BCUT2D eigenvalue weighted by atomic mass is 10.2. The first-order valence-electron chi connectivity index (χ1n) is 9.26. The molecule has 0 radical (unpaired) electrons. The van der Waals surface area contributed by atoms with Crippen molar-refractivity contribution in [1.29, 1.82) is 0 Å². The number of amides is 2. The summed E-state index contributed by atoms with van der Waals surface area (Å²) in [4.78, 5) is 26.2. The van der Waals surface area contributed by atoms with E-state index >= 15 is 0 Å². The molecule has 0 spiro atoms. The van der Waals surface area contributed by atoms with Gasteiger partial charge in [0.1, 0.15) is 11.1 Å². The predicted molar refractivity (Wildman–Crippen MR) is 119 cm³/mol. The van der Waals surface area contributed by atoms with Crippen molar-refractivity contribution in [2.24, 2.45) is 4.40 Å². The molecule has 0 unspecified atom stereocenters. The van der Waals surface area contributed by atoms with Crippen LogP contribution in [-0.4, -0.2) is 42.1 Å². The molecule has 1 aliphatic heterocycles. The molecule has 2 amide bonds. The summed E-state index contributed by atoms with van der Waals surface area (Å²) in [6.07, 6.45) is 1.29. The van der Waals surface area contributed by atoms with E-state index in [9.17, 15) is 22.4 Å². The van der Waals surface area contributed by atoms with Crippen molar-refractivity contribution in [3.63, 3.8) is 0 Å². The van der Waals surface area contributed by atoms with Gasteiger partial charge in [0.15, 0.2) is 5.17 Å². The van der Waals surface area contributed by atoms with Crippen LogP contribution in [0.3, 0.4) is 0 Å². The number of para-hydroxylation sites is 1. The molecule has 1 fully saturated rings. The minimum absolute atomic E-state index is 0.0412. The van der Waals surface area contributed by atoms with Crippen LogP contribution in [-0.2, 0) is 19.6 Å². The highest BCUT2D eigenvalue weighted by Gasteiger charge is 2.39. The average molecular weight is 462 g/mol. The molecule has 1 atom stereocenters. The van der Waals surface area contributed by atoms with Crippen LogP contribution < -0.4 is 5.32 Å². The van der Waals surface area contributed by atoms with E-state index in [-0.39, 0.29) is 28.9 Å². The Kier molecular flexibility index (Phi) is 6.91. The van der Waals surface area contributed by atoms with Gasteiger partial charge in [-0.25, -0.2) is 4.39 Å². The number of amidine groups is 1. The van der Waals surface area contributed by atoms with Crippen molar-refractivity contribution in [2.45, 2.75) is 23.5 Å². The van der Waals surface area contributed by atoms with Gasteiger partial charge in [-0.05, 0) is 42.8 Å². The van der Waals surface area contributed by atoms with Crippen molar-refractivity contribution in [3.05, 3.63) is 72.6 Å². The van der Waals surface area contributed by atoms with Gasteiger partial charge in [-0.15, -0.1) is 11.0 Å². The largest absolute Gasteiger partial charge is 0.326 e. The fraction of sp³-hybridized carbons (Fsp3) is 0.190. The highest BCUT2D eigenvalue weighted by atomic mass is 32.2. The van der Waals surface area contributed by atoms with E-state index in [4.69, 9.17) is 0 Å². The molecule has 7 nitrogen and oxygen atoms in total. The Bertz CT molecular complexity index is 1150. The molecule has 0 aromatic heterocycles. The summed E-state index contributed by atoms with van der Waals surface area (Å²) in [5, 5.41) is 1.88. The maximum absolute atomic E-state index is 13.1. The smallest absolute Gasteiger partial charge is 0.284 e. The molecule has 10 heteroatoms. The van der Waals surface area contributed by atoms with Gasteiger partial charge in [-0.3, -0.25) is 14.5 Å². The number of benzene rings is 2. The molecule has 1 N–H and O–H groups in total. The molecule has 2 aromatic rings. The quantitative estimate of drug-likeness (QED) is 0.638. The van der Waals surface area contributed by atoms with Crippen molar-refractivity contribution in [1.82, 2.24) is 4.90 Å². The third-order valence-corrected chi connectivity index (χ3v) is 7.00. The fourth-order valence-corrected chi connectivity index (χ4v) is 5.22. The number of halogens is 1. The number of thioether (sulfide) groups is 1. The Hall–Kier alpha value is -2.98. The monoisotopic (exact) mass is 461 g/mol. The minimum atomic E-state index is -4.17. The Morgan fingerprint density at radius 3 is 2.58 bits per heavy atom. The van der Waals surface area contributed by atoms with Gasteiger partial charge in [0.05, 0.1) is 4.90 Å². The van der Waals surface area contributed by atoms with Gasteiger partial charge in [-0.1, -0.05) is 36.0 Å². The number of carbonyl (C=O) groups is 2. The molecule has 3 rings (SSSR count). The van der Waals surface area contributed by atoms with Gasteiger partial charge >= 0.3 is 0 Å². The number of nitrogens with one attached hydrogen (secondary N) is 1. The second kappa shape index (κ2) is 9.44. The minimum Gasteiger partial charge on any atom is -0.326 e. The maximum Gasteiger partial charge on any atom is 0.284 e. The summed E-state index contributed by atoms with van der Waals surface area (Å²) in [5.41, 5.74) is 1.51. The van der Waals surface area contributed by atoms with E-state index in [0.717, 1.165) is 41.6 Å². The van der Waals surface area contributed by atoms with Crippen molar-refractivity contribution in [2.75, 3.05) is 11.9 Å². The van der Waals surface area contributed by atoms with Crippen LogP contribution in [0.1, 0.15) is 12.0 Å². The highest BCUT2D eigenvalue weighted by Crippen LogP contribution is 2.31. The number of aryl methyl sites for hydroxylation is 1. The van der Waals surface area contributed by atoms with Crippen molar-refractivity contribution in [3.8, 4) is 0 Å². The molecule has 162 valence electrons. The van der Waals surface area contributed by atoms with Crippen LogP contribution in [0.2, 0.25) is 0 Å². The van der Waals surface area contributed by atoms with Gasteiger partial charge in [-0.2, -0.15) is 8.42 Å². The average Bonchev–Trinajstić information content (AvgIpc) is 2.98. The van der Waals surface area contributed by atoms with Gasteiger partial charge in [0.25, 0.3) is 10.0 Å². The summed E-state index contributed by atoms with van der Waals surface area (Å²) < 4.78 is 42.1. The van der Waals surface area contributed by atoms with Gasteiger partial charge in [0, 0.05) is 18.7 Å². The van der Waals surface area contributed by atoms with E-state index in [0.29, 0.717) is 5.69 Å². The van der Waals surface area contributed by atoms with Crippen LogP contribution in [0.5, 0.6) is 0 Å². The lowest BCUT2D eigenvalue weighted by molar-refractivity contribution is -0.127. The van der Waals surface area contributed by atoms with E-state index in [1.54, 1.807) is 12.1 Å². The summed E-state index contributed by atoms with van der Waals surface area (Å²) in [6, 6.07) is 11.5. The van der Waals surface area contributed by atoms with Gasteiger partial charge < -0.3 is 5.32 Å². The molecular weight excluding hydrogens is 441 g/mol. The zero-order valence-corrected chi connectivity index (χ0v) is 18.2. The van der Waals surface area contributed by atoms with E-state index in [1.165, 1.54) is 11.0 Å². The zero-order chi connectivity index (χ0) is 22.6. The molecule has 1 heterocycles. The van der Waals surface area contributed by atoms with Gasteiger partial charge in [0.2, 0.25) is 11.8 Å². The van der Waals surface area contributed by atoms with Crippen molar-refractivity contribution >= 4 is 44.5 Å². The molecule has 0 bridgehead atoms. The van der Waals surface area contributed by atoms with E-state index in [1.807, 2.05) is 19.1 Å². The third-order valence-electron chi connectivity index (χ3n) is 4.43. The first-order valence-corrected chi connectivity index (χ1v) is 11.6. The Morgan fingerprint density at radius 2 is 1.94 bits per heavy atom. The first kappa shape index (κ1) is 22.7. The summed E-state index contributed by atoms with van der Waals surface area (Å²) in [6.45, 7) is 5.47. The maximum atomic E-state index is 13.1.